The van der Waals surface area contributed by atoms with Gasteiger partial charge in [-0.15, -0.1) is 0 Å². The first-order chi connectivity index (χ1) is 12.9. The number of alkyl halides is 3. The van der Waals surface area contributed by atoms with Crippen LogP contribution < -0.4 is 15.4 Å². The molecule has 2 aromatic rings. The lowest BCUT2D eigenvalue weighted by molar-refractivity contribution is -0.153. The molecule has 0 unspecified atom stereocenters. The summed E-state index contributed by atoms with van der Waals surface area (Å²) in [6, 6.07) is 16.2. The maximum absolute atomic E-state index is 12.2. The minimum atomic E-state index is -4.39. The van der Waals surface area contributed by atoms with Crippen molar-refractivity contribution in [3.05, 3.63) is 60.2 Å². The quantitative estimate of drug-likeness (QED) is 0.733. The lowest BCUT2D eigenvalue weighted by Crippen LogP contribution is -2.35. The summed E-state index contributed by atoms with van der Waals surface area (Å²) in [7, 11) is 0. The van der Waals surface area contributed by atoms with Gasteiger partial charge in [0.1, 0.15) is 5.75 Å². The Bertz CT molecular complexity index is 774. The lowest BCUT2D eigenvalue weighted by atomic mass is 9.96. The van der Waals surface area contributed by atoms with E-state index in [1.165, 1.54) is 17.7 Å². The fourth-order valence-electron chi connectivity index (χ4n) is 2.88. The topological polar surface area (TPSA) is 50.4 Å². The second-order valence-corrected chi connectivity index (χ2v) is 6.71. The molecule has 144 valence electrons. The maximum atomic E-state index is 12.2. The van der Waals surface area contributed by atoms with E-state index in [9.17, 15) is 18.0 Å². The van der Waals surface area contributed by atoms with E-state index in [1.807, 2.05) is 18.2 Å². The van der Waals surface area contributed by atoms with Crippen molar-refractivity contribution in [3.63, 3.8) is 0 Å². The summed E-state index contributed by atoms with van der Waals surface area (Å²) in [6.45, 7) is -0.738. The molecule has 1 aliphatic rings. The normalized spacial score (nSPS) is 15.1. The molecule has 0 aliphatic heterocycles. The van der Waals surface area contributed by atoms with Crippen molar-refractivity contribution in [2.75, 3.05) is 25.0 Å². The summed E-state index contributed by atoms with van der Waals surface area (Å²) < 4.78 is 41.3. The van der Waals surface area contributed by atoms with E-state index in [2.05, 4.69) is 22.8 Å². The fourth-order valence-corrected chi connectivity index (χ4v) is 2.88. The molecule has 0 atom stereocenters. The minimum absolute atomic E-state index is 0.0300. The van der Waals surface area contributed by atoms with Gasteiger partial charge in [0.2, 0.25) is 5.91 Å². The molecule has 1 fully saturated rings. The zero-order chi connectivity index (χ0) is 19.3. The molecule has 7 heteroatoms. The van der Waals surface area contributed by atoms with Crippen LogP contribution in [0.25, 0.3) is 0 Å². The van der Waals surface area contributed by atoms with Gasteiger partial charge in [-0.25, -0.2) is 0 Å². The van der Waals surface area contributed by atoms with Gasteiger partial charge in [0.15, 0.2) is 6.61 Å². The van der Waals surface area contributed by atoms with Gasteiger partial charge in [0.05, 0.1) is 6.54 Å². The Morgan fingerprint density at radius 1 is 1.07 bits per heavy atom. The molecule has 27 heavy (non-hydrogen) atoms. The molecule has 0 radical (unpaired) electrons. The molecular weight excluding hydrogens is 357 g/mol. The molecular formula is C20H21F3N2O2. The van der Waals surface area contributed by atoms with Gasteiger partial charge in [-0.1, -0.05) is 36.4 Å². The van der Waals surface area contributed by atoms with Crippen LogP contribution in [0.15, 0.2) is 54.6 Å². The van der Waals surface area contributed by atoms with Crippen molar-refractivity contribution in [2.24, 2.45) is 0 Å². The van der Waals surface area contributed by atoms with Crippen LogP contribution in [0.4, 0.5) is 18.9 Å². The highest BCUT2D eigenvalue weighted by molar-refractivity contribution is 5.81. The molecule has 1 aliphatic carbocycles. The van der Waals surface area contributed by atoms with Crippen LogP contribution in [0.5, 0.6) is 5.75 Å². The Hall–Kier alpha value is -2.70. The number of rotatable bonds is 8. The van der Waals surface area contributed by atoms with Crippen LogP contribution in [0, 0.1) is 0 Å². The maximum Gasteiger partial charge on any atom is 0.422 e. The molecule has 0 saturated heterocycles. The standard InChI is InChI=1S/C20H21F3N2O2/c21-20(22,23)14-27-17-8-4-7-16(11-17)24-12-18(26)25-13-19(9-10-19)15-5-2-1-3-6-15/h1-8,11,24H,9-10,12-14H2,(H,25,26). The fraction of sp³-hybridized carbons (Fsp3) is 0.350. The summed E-state index contributed by atoms with van der Waals surface area (Å²) in [4.78, 5) is 12.1. The third-order valence-corrected chi connectivity index (χ3v) is 4.55. The number of carbonyl (C=O) groups excluding carboxylic acids is 1. The summed E-state index contributed by atoms with van der Waals surface area (Å²) >= 11 is 0. The van der Waals surface area contributed by atoms with Crippen LogP contribution in [0.2, 0.25) is 0 Å². The Balaban J connectivity index is 1.46. The zero-order valence-corrected chi connectivity index (χ0v) is 14.7. The Morgan fingerprint density at radius 2 is 1.81 bits per heavy atom. The number of benzene rings is 2. The smallest absolute Gasteiger partial charge is 0.422 e. The number of ether oxygens (including phenoxy) is 1. The predicted octanol–water partition coefficient (Wildman–Crippen LogP) is 3.89. The average Bonchev–Trinajstić information content (AvgIpc) is 3.45. The average molecular weight is 378 g/mol. The SMILES string of the molecule is O=C(CNc1cccc(OCC(F)(F)F)c1)NCC1(c2ccccc2)CC1. The first kappa shape index (κ1) is 19.1. The first-order valence-corrected chi connectivity index (χ1v) is 8.72. The molecule has 0 spiro atoms. The number of hydrogen-bond donors (Lipinski definition) is 2. The van der Waals surface area contributed by atoms with Gasteiger partial charge in [-0.05, 0) is 30.5 Å². The molecule has 1 amide bonds. The van der Waals surface area contributed by atoms with E-state index in [0.29, 0.717) is 12.2 Å². The van der Waals surface area contributed by atoms with E-state index in [4.69, 9.17) is 4.74 Å². The van der Waals surface area contributed by atoms with Gasteiger partial charge in [-0.2, -0.15) is 13.2 Å². The molecule has 2 aromatic carbocycles. The number of amides is 1. The van der Waals surface area contributed by atoms with Crippen molar-refractivity contribution < 1.29 is 22.7 Å². The van der Waals surface area contributed by atoms with Crippen LogP contribution in [0.3, 0.4) is 0 Å². The first-order valence-electron chi connectivity index (χ1n) is 8.72. The molecule has 2 N–H and O–H groups in total. The third-order valence-electron chi connectivity index (χ3n) is 4.55. The Kier molecular flexibility index (Phi) is 5.58. The summed E-state index contributed by atoms with van der Waals surface area (Å²) in [5.41, 5.74) is 1.78. The number of hydrogen-bond acceptors (Lipinski definition) is 3. The van der Waals surface area contributed by atoms with Gasteiger partial charge < -0.3 is 15.4 Å². The number of halogens is 3. The Morgan fingerprint density at radius 3 is 2.48 bits per heavy atom. The van der Waals surface area contributed by atoms with E-state index >= 15 is 0 Å². The molecule has 0 aromatic heterocycles. The number of nitrogens with one attached hydrogen (secondary N) is 2. The highest BCUT2D eigenvalue weighted by Gasteiger charge is 2.44. The summed E-state index contributed by atoms with van der Waals surface area (Å²) in [5, 5.41) is 5.84. The molecule has 3 rings (SSSR count). The van der Waals surface area contributed by atoms with Crippen LogP contribution in [-0.2, 0) is 10.2 Å². The van der Waals surface area contributed by atoms with E-state index in [0.717, 1.165) is 12.8 Å². The van der Waals surface area contributed by atoms with Crippen LogP contribution >= 0.6 is 0 Å². The molecule has 0 bridgehead atoms. The monoisotopic (exact) mass is 378 g/mol. The Labute approximate surface area is 155 Å². The van der Waals surface area contributed by atoms with Crippen molar-refractivity contribution in [1.82, 2.24) is 5.32 Å². The number of carbonyl (C=O) groups is 1. The molecule has 0 heterocycles. The largest absolute Gasteiger partial charge is 0.484 e. The summed E-state index contributed by atoms with van der Waals surface area (Å²) in [5.74, 6) is -0.0717. The predicted molar refractivity (Wildman–Crippen MR) is 96.8 cm³/mol. The highest BCUT2D eigenvalue weighted by Crippen LogP contribution is 2.47. The van der Waals surface area contributed by atoms with Crippen molar-refractivity contribution in [2.45, 2.75) is 24.4 Å². The van der Waals surface area contributed by atoms with E-state index in [1.54, 1.807) is 12.1 Å². The van der Waals surface area contributed by atoms with E-state index < -0.39 is 12.8 Å². The van der Waals surface area contributed by atoms with Crippen molar-refractivity contribution >= 4 is 11.6 Å². The highest BCUT2D eigenvalue weighted by atomic mass is 19.4. The van der Waals surface area contributed by atoms with Gasteiger partial charge >= 0.3 is 6.18 Å². The molecule has 1 saturated carbocycles. The second kappa shape index (κ2) is 7.90. The second-order valence-electron chi connectivity index (χ2n) is 6.71. The lowest BCUT2D eigenvalue weighted by Gasteiger charge is -2.17. The minimum Gasteiger partial charge on any atom is -0.484 e. The number of anilines is 1. The molecule has 4 nitrogen and oxygen atoms in total. The summed E-state index contributed by atoms with van der Waals surface area (Å²) in [6.07, 6.45) is -2.30. The third kappa shape index (κ3) is 5.64. The zero-order valence-electron chi connectivity index (χ0n) is 14.7. The van der Waals surface area contributed by atoms with Gasteiger partial charge in [0.25, 0.3) is 0 Å². The van der Waals surface area contributed by atoms with Gasteiger partial charge in [-0.3, -0.25) is 4.79 Å². The van der Waals surface area contributed by atoms with Crippen LogP contribution in [0.1, 0.15) is 18.4 Å². The van der Waals surface area contributed by atoms with Gasteiger partial charge in [0, 0.05) is 23.7 Å². The van der Waals surface area contributed by atoms with Crippen molar-refractivity contribution in [3.8, 4) is 5.75 Å². The van der Waals surface area contributed by atoms with Crippen molar-refractivity contribution in [1.29, 1.82) is 0 Å². The van der Waals surface area contributed by atoms with E-state index in [-0.39, 0.29) is 23.6 Å². The van der Waals surface area contributed by atoms with Crippen LogP contribution in [-0.4, -0.2) is 31.8 Å².